The van der Waals surface area contributed by atoms with Gasteiger partial charge in [-0.2, -0.15) is 0 Å². The third-order valence-electron chi connectivity index (χ3n) is 2.88. The summed E-state index contributed by atoms with van der Waals surface area (Å²) in [6.07, 6.45) is 7.63. The molecule has 0 fully saturated rings. The van der Waals surface area contributed by atoms with E-state index < -0.39 is 26.4 Å². The van der Waals surface area contributed by atoms with Gasteiger partial charge in [-0.25, -0.2) is 9.13 Å². The highest BCUT2D eigenvalue weighted by Gasteiger charge is 2.11. The average molecular weight is 355 g/mol. The van der Waals surface area contributed by atoms with Gasteiger partial charge in [0.05, 0.1) is 12.8 Å². The molecule has 2 aromatic rings. The molecule has 0 spiro atoms. The first-order chi connectivity index (χ1) is 11.2. The molecule has 0 amide bonds. The van der Waals surface area contributed by atoms with Gasteiger partial charge in [-0.05, 0) is 11.1 Å². The van der Waals surface area contributed by atoms with Crippen LogP contribution in [0.25, 0.3) is 11.1 Å². The maximum absolute atomic E-state index is 10.1. The number of carboxylic acids is 1. The Bertz CT molecular complexity index is 655. The summed E-state index contributed by atoms with van der Waals surface area (Å²) in [4.78, 5) is 26.1. The molecule has 0 unspecified atom stereocenters. The highest BCUT2D eigenvalue weighted by Crippen LogP contribution is 2.31. The normalized spacial score (nSPS) is 10.7. The molecule has 130 valence electrons. The minimum Gasteiger partial charge on any atom is -0.480 e. The van der Waals surface area contributed by atoms with Crippen LogP contribution in [0.1, 0.15) is 0 Å². The van der Waals surface area contributed by atoms with Gasteiger partial charge < -0.3 is 14.9 Å². The van der Waals surface area contributed by atoms with Crippen molar-refractivity contribution in [3.05, 3.63) is 49.1 Å². The van der Waals surface area contributed by atoms with Gasteiger partial charge in [-0.15, -0.1) is 0 Å². The van der Waals surface area contributed by atoms with Crippen LogP contribution in [0.3, 0.4) is 0 Å². The first-order valence-electron chi connectivity index (χ1n) is 7.05. The van der Waals surface area contributed by atoms with E-state index in [0.29, 0.717) is 0 Å². The summed E-state index contributed by atoms with van der Waals surface area (Å²) < 4.78 is 14.1. The van der Waals surface area contributed by atoms with E-state index in [4.69, 9.17) is 14.9 Å². The van der Waals surface area contributed by atoms with Gasteiger partial charge in [0.2, 0.25) is 0 Å². The lowest BCUT2D eigenvalue weighted by Gasteiger charge is -2.02. The fraction of sp³-hybridized carbons (Fsp3) is 0.267. The topological polar surface area (TPSA) is 115 Å². The Morgan fingerprint density at radius 2 is 1.38 bits per heavy atom. The monoisotopic (exact) mass is 355 g/mol. The van der Waals surface area contributed by atoms with Crippen molar-refractivity contribution in [2.24, 2.45) is 14.1 Å². The average Bonchev–Trinajstić information content (AvgIpc) is 2.48. The van der Waals surface area contributed by atoms with Crippen molar-refractivity contribution >= 4 is 13.6 Å². The Balaban J connectivity index is 0.000000257. The minimum atomic E-state index is -4.10. The second kappa shape index (κ2) is 9.24. The summed E-state index contributed by atoms with van der Waals surface area (Å²) in [5, 5.41) is 10.1. The molecule has 0 saturated heterocycles. The number of nitrogens with one attached hydrogen (secondary N) is 1. The number of carboxylic acid groups (broad SMARTS) is 1. The zero-order valence-corrected chi connectivity index (χ0v) is 14.4. The van der Waals surface area contributed by atoms with E-state index in [1.165, 1.54) is 11.1 Å². The van der Waals surface area contributed by atoms with Crippen LogP contribution in [-0.4, -0.2) is 33.7 Å². The molecule has 0 aliphatic rings. The quantitative estimate of drug-likeness (QED) is 0.436. The summed E-state index contributed by atoms with van der Waals surface area (Å²) in [5.74, 6) is -1.14. The summed E-state index contributed by atoms with van der Waals surface area (Å²) in [6, 6.07) is 8.48. The van der Waals surface area contributed by atoms with Gasteiger partial charge in [-0.1, -0.05) is 0 Å². The van der Waals surface area contributed by atoms with Crippen LogP contribution in [0.5, 0.6) is 0 Å². The van der Waals surface area contributed by atoms with Crippen LogP contribution in [0.2, 0.25) is 0 Å². The first kappa shape index (κ1) is 19.9. The number of aromatic nitrogens is 2. The van der Waals surface area contributed by atoms with Gasteiger partial charge in [0.15, 0.2) is 24.8 Å². The predicted molar refractivity (Wildman–Crippen MR) is 86.8 cm³/mol. The Labute approximate surface area is 140 Å². The Hall–Kier alpha value is -2.12. The lowest BCUT2D eigenvalue weighted by molar-refractivity contribution is -0.671. The third-order valence-corrected chi connectivity index (χ3v) is 3.52. The molecule has 8 nitrogen and oxygen atoms in total. The molecule has 2 heterocycles. The second-order valence-electron chi connectivity index (χ2n) is 5.15. The highest BCUT2D eigenvalue weighted by atomic mass is 31.2. The molecule has 0 bridgehead atoms. The van der Waals surface area contributed by atoms with Crippen LogP contribution in [-0.2, 0) is 23.5 Å². The predicted octanol–water partition coefficient (Wildman–Crippen LogP) is -0.202. The highest BCUT2D eigenvalue weighted by molar-refractivity contribution is 7.51. The molecule has 2 aromatic heterocycles. The maximum Gasteiger partial charge on any atom is 0.339 e. The zero-order chi connectivity index (χ0) is 18.2. The summed E-state index contributed by atoms with van der Waals surface area (Å²) in [6.45, 7) is -0.439. The third kappa shape index (κ3) is 8.50. The number of rotatable bonds is 5. The number of aryl methyl sites for hydroxylation is 2. The number of carbonyl (C=O) groups is 1. The van der Waals surface area contributed by atoms with Crippen molar-refractivity contribution in [1.82, 2.24) is 5.32 Å². The van der Waals surface area contributed by atoms with E-state index in [9.17, 15) is 9.36 Å². The van der Waals surface area contributed by atoms with Crippen molar-refractivity contribution in [2.45, 2.75) is 0 Å². The fourth-order valence-electron chi connectivity index (χ4n) is 1.70. The lowest BCUT2D eigenvalue weighted by atomic mass is 10.1. The molecular weight excluding hydrogens is 333 g/mol. The fourth-order valence-corrected chi connectivity index (χ4v) is 2.10. The van der Waals surface area contributed by atoms with E-state index >= 15 is 0 Å². The van der Waals surface area contributed by atoms with E-state index in [1.807, 2.05) is 23.2 Å². The molecule has 0 aromatic carbocycles. The maximum atomic E-state index is 10.1. The molecule has 9 heteroatoms. The van der Waals surface area contributed by atoms with E-state index in [1.54, 1.807) is 0 Å². The first-order valence-corrected chi connectivity index (χ1v) is 8.85. The Morgan fingerprint density at radius 1 is 1.00 bits per heavy atom. The van der Waals surface area contributed by atoms with Crippen molar-refractivity contribution in [3.8, 4) is 11.1 Å². The Morgan fingerprint density at radius 3 is 1.67 bits per heavy atom. The van der Waals surface area contributed by atoms with Crippen LogP contribution in [0, 0.1) is 0 Å². The van der Waals surface area contributed by atoms with E-state index in [2.05, 4.69) is 54.4 Å². The molecule has 0 aliphatic heterocycles. The molecule has 4 N–H and O–H groups in total. The number of hydrogen-bond acceptors (Lipinski definition) is 3. The smallest absolute Gasteiger partial charge is 0.339 e. The van der Waals surface area contributed by atoms with Crippen LogP contribution >= 0.6 is 7.60 Å². The molecule has 2 rings (SSSR count). The molecular formula is C15H22N3O5P+2. The number of hydrogen-bond donors (Lipinski definition) is 4. The standard InChI is InChI=1S/C12H14N2.C3H8NO5P/c1-13-7-3-11(4-8-13)12-5-9-14(2)10-6-12;5-3(6)1-4-2-10(7,8)9/h3-10H,1-2H3;4H,1-2H2,(H,5,6)(H2,7,8,9)/q+2;. The summed E-state index contributed by atoms with van der Waals surface area (Å²) >= 11 is 0. The number of aliphatic carboxylic acids is 1. The van der Waals surface area contributed by atoms with E-state index in [0.717, 1.165) is 0 Å². The second-order valence-corrected chi connectivity index (χ2v) is 6.79. The molecule has 24 heavy (non-hydrogen) atoms. The van der Waals surface area contributed by atoms with Crippen LogP contribution < -0.4 is 14.5 Å². The zero-order valence-electron chi connectivity index (χ0n) is 13.5. The SMILES string of the molecule is C[n+]1ccc(-c2cc[n+](C)cc2)cc1.O=C(O)CNCP(=O)(O)O. The summed E-state index contributed by atoms with van der Waals surface area (Å²) in [5.41, 5.74) is 2.51. The van der Waals surface area contributed by atoms with Crippen molar-refractivity contribution in [1.29, 1.82) is 0 Å². The van der Waals surface area contributed by atoms with Gasteiger partial charge in [-0.3, -0.25) is 14.7 Å². The molecule has 0 radical (unpaired) electrons. The Kier molecular flexibility index (Phi) is 7.67. The van der Waals surface area contributed by atoms with Crippen molar-refractivity contribution in [3.63, 3.8) is 0 Å². The minimum absolute atomic E-state index is 0.439. The van der Waals surface area contributed by atoms with Gasteiger partial charge in [0, 0.05) is 24.3 Å². The van der Waals surface area contributed by atoms with Crippen LogP contribution in [0.4, 0.5) is 0 Å². The molecule has 0 saturated carbocycles. The lowest BCUT2D eigenvalue weighted by Crippen LogP contribution is -2.26. The summed E-state index contributed by atoms with van der Waals surface area (Å²) in [7, 11) is -0.0512. The molecule has 0 atom stereocenters. The molecule has 0 aliphatic carbocycles. The van der Waals surface area contributed by atoms with Gasteiger partial charge >= 0.3 is 13.6 Å². The number of pyridine rings is 2. The van der Waals surface area contributed by atoms with Gasteiger partial charge in [0.1, 0.15) is 14.1 Å². The number of nitrogens with zero attached hydrogens (tertiary/aromatic N) is 2. The largest absolute Gasteiger partial charge is 0.480 e. The van der Waals surface area contributed by atoms with Gasteiger partial charge in [0.25, 0.3) is 0 Å². The van der Waals surface area contributed by atoms with Crippen molar-refractivity contribution in [2.75, 3.05) is 12.8 Å². The van der Waals surface area contributed by atoms with Crippen LogP contribution in [0.15, 0.2) is 49.1 Å². The van der Waals surface area contributed by atoms with Crippen molar-refractivity contribution < 1.29 is 33.4 Å². The van der Waals surface area contributed by atoms with E-state index in [-0.39, 0.29) is 0 Å².